The van der Waals surface area contributed by atoms with Gasteiger partial charge in [0, 0.05) is 6.42 Å². The molecule has 2 rings (SSSR count). The normalized spacial score (nSPS) is 17.9. The highest BCUT2D eigenvalue weighted by Gasteiger charge is 2.15. The molecular weight excluding hydrogens is 188 g/mol. The molecule has 0 saturated heterocycles. The van der Waals surface area contributed by atoms with Crippen molar-refractivity contribution in [3.63, 3.8) is 0 Å². The Morgan fingerprint density at radius 2 is 2.13 bits per heavy atom. The van der Waals surface area contributed by atoms with E-state index in [9.17, 15) is 4.79 Å². The van der Waals surface area contributed by atoms with E-state index < -0.39 is 0 Å². The molecule has 0 radical (unpaired) electrons. The number of hydrogen-bond donors (Lipinski definition) is 0. The quantitative estimate of drug-likeness (QED) is 0.701. The summed E-state index contributed by atoms with van der Waals surface area (Å²) in [7, 11) is 0. The molecule has 0 spiro atoms. The maximum Gasteiger partial charge on any atom is 0.166 e. The van der Waals surface area contributed by atoms with Crippen LogP contribution in [-0.2, 0) is 0 Å². The zero-order valence-corrected chi connectivity index (χ0v) is 9.08. The monoisotopic (exact) mass is 206 g/mol. The van der Waals surface area contributed by atoms with Crippen LogP contribution in [0.15, 0.2) is 23.0 Å². The van der Waals surface area contributed by atoms with Gasteiger partial charge < -0.3 is 4.42 Å². The third-order valence-corrected chi connectivity index (χ3v) is 3.35. The van der Waals surface area contributed by atoms with Crippen LogP contribution in [0.25, 0.3) is 0 Å². The number of Topliss-reactive ketones (excluding diaryl/α,β-unsaturated/α-hetero) is 1. The molecule has 1 saturated carbocycles. The lowest BCUT2D eigenvalue weighted by Crippen LogP contribution is -2.08. The molecule has 1 aromatic heterocycles. The number of furan rings is 1. The molecule has 1 heterocycles. The Balaban J connectivity index is 1.75. The first-order valence-electron chi connectivity index (χ1n) is 5.91. The number of carbonyl (C=O) groups excluding carboxylic acids is 1. The van der Waals surface area contributed by atoms with Crippen molar-refractivity contribution in [2.45, 2.75) is 44.9 Å². The summed E-state index contributed by atoms with van der Waals surface area (Å²) >= 11 is 0. The first kappa shape index (κ1) is 10.5. The number of rotatable bonds is 4. The fraction of sp³-hybridized carbons (Fsp3) is 0.615. The first-order valence-corrected chi connectivity index (χ1v) is 5.91. The van der Waals surface area contributed by atoms with Gasteiger partial charge in [0.1, 0.15) is 6.26 Å². The lowest BCUT2D eigenvalue weighted by atomic mass is 9.85. The van der Waals surface area contributed by atoms with Crippen LogP contribution < -0.4 is 0 Å². The van der Waals surface area contributed by atoms with Crippen LogP contribution in [0.4, 0.5) is 0 Å². The van der Waals surface area contributed by atoms with E-state index in [4.69, 9.17) is 4.42 Å². The van der Waals surface area contributed by atoms with E-state index in [0.717, 1.165) is 17.9 Å². The molecule has 0 aliphatic heterocycles. The molecule has 2 nitrogen and oxygen atoms in total. The van der Waals surface area contributed by atoms with Crippen LogP contribution in [0.3, 0.4) is 0 Å². The van der Waals surface area contributed by atoms with E-state index in [-0.39, 0.29) is 5.78 Å². The van der Waals surface area contributed by atoms with Gasteiger partial charge in [-0.2, -0.15) is 0 Å². The average Bonchev–Trinajstić information content (AvgIpc) is 2.81. The molecule has 82 valence electrons. The van der Waals surface area contributed by atoms with Crippen molar-refractivity contribution in [1.29, 1.82) is 0 Å². The molecule has 0 N–H and O–H groups in total. The predicted octanol–water partition coefficient (Wildman–Crippen LogP) is 3.82. The topological polar surface area (TPSA) is 30.2 Å². The van der Waals surface area contributed by atoms with Crippen LogP contribution in [0.1, 0.15) is 55.3 Å². The molecule has 0 aromatic carbocycles. The summed E-state index contributed by atoms with van der Waals surface area (Å²) in [6, 6.07) is 1.75. The summed E-state index contributed by atoms with van der Waals surface area (Å²) in [5.74, 6) is 1.02. The lowest BCUT2D eigenvalue weighted by molar-refractivity contribution is 0.0969. The van der Waals surface area contributed by atoms with E-state index in [2.05, 4.69) is 0 Å². The number of hydrogen-bond acceptors (Lipinski definition) is 2. The summed E-state index contributed by atoms with van der Waals surface area (Å²) in [4.78, 5) is 11.7. The smallest absolute Gasteiger partial charge is 0.166 e. The van der Waals surface area contributed by atoms with Crippen molar-refractivity contribution < 1.29 is 9.21 Å². The minimum absolute atomic E-state index is 0.231. The molecule has 0 bridgehead atoms. The zero-order chi connectivity index (χ0) is 10.5. The Hall–Kier alpha value is -1.05. The molecule has 0 unspecified atom stereocenters. The average molecular weight is 206 g/mol. The van der Waals surface area contributed by atoms with Crippen LogP contribution >= 0.6 is 0 Å². The van der Waals surface area contributed by atoms with Crippen LogP contribution in [0.2, 0.25) is 0 Å². The summed E-state index contributed by atoms with van der Waals surface area (Å²) < 4.78 is 4.91. The van der Waals surface area contributed by atoms with E-state index in [1.807, 2.05) is 0 Å². The van der Waals surface area contributed by atoms with Crippen LogP contribution in [0.5, 0.6) is 0 Å². The van der Waals surface area contributed by atoms with Crippen molar-refractivity contribution >= 4 is 5.78 Å². The summed E-state index contributed by atoms with van der Waals surface area (Å²) in [5, 5.41) is 0. The van der Waals surface area contributed by atoms with Gasteiger partial charge in [-0.3, -0.25) is 4.79 Å². The van der Waals surface area contributed by atoms with E-state index in [1.54, 1.807) is 18.6 Å². The van der Waals surface area contributed by atoms with Gasteiger partial charge in [-0.1, -0.05) is 32.1 Å². The standard InChI is InChI=1S/C13H18O2/c14-13(12-8-9-15-10-12)7-6-11-4-2-1-3-5-11/h8-11H,1-7H2. The Bertz CT molecular complexity index is 294. The number of ketones is 1. The Morgan fingerprint density at radius 1 is 1.33 bits per heavy atom. The van der Waals surface area contributed by atoms with Crippen molar-refractivity contribution in [3.05, 3.63) is 24.2 Å². The third kappa shape index (κ3) is 2.95. The van der Waals surface area contributed by atoms with Crippen molar-refractivity contribution in [3.8, 4) is 0 Å². The van der Waals surface area contributed by atoms with Crippen molar-refractivity contribution in [2.75, 3.05) is 0 Å². The van der Waals surface area contributed by atoms with Crippen molar-refractivity contribution in [2.24, 2.45) is 5.92 Å². The van der Waals surface area contributed by atoms with E-state index >= 15 is 0 Å². The zero-order valence-electron chi connectivity index (χ0n) is 9.08. The molecule has 1 aliphatic rings. The lowest BCUT2D eigenvalue weighted by Gasteiger charge is -2.20. The number of carbonyl (C=O) groups is 1. The molecule has 0 atom stereocenters. The second-order valence-electron chi connectivity index (χ2n) is 4.48. The van der Waals surface area contributed by atoms with Gasteiger partial charge in [0.2, 0.25) is 0 Å². The SMILES string of the molecule is O=C(CCC1CCCCC1)c1ccoc1. The Kier molecular flexibility index (Phi) is 3.59. The highest BCUT2D eigenvalue weighted by molar-refractivity contribution is 5.95. The van der Waals surface area contributed by atoms with Gasteiger partial charge in [-0.05, 0) is 18.4 Å². The fourth-order valence-corrected chi connectivity index (χ4v) is 2.38. The first-order chi connectivity index (χ1) is 7.36. The van der Waals surface area contributed by atoms with Gasteiger partial charge in [0.25, 0.3) is 0 Å². The van der Waals surface area contributed by atoms with Crippen molar-refractivity contribution in [1.82, 2.24) is 0 Å². The maximum atomic E-state index is 11.7. The van der Waals surface area contributed by atoms with Gasteiger partial charge in [0.05, 0.1) is 11.8 Å². The minimum atomic E-state index is 0.231. The molecule has 1 fully saturated rings. The van der Waals surface area contributed by atoms with Crippen LogP contribution in [-0.4, -0.2) is 5.78 Å². The highest BCUT2D eigenvalue weighted by atomic mass is 16.3. The molecule has 1 aliphatic carbocycles. The Morgan fingerprint density at radius 3 is 2.80 bits per heavy atom. The third-order valence-electron chi connectivity index (χ3n) is 3.35. The Labute approximate surface area is 90.7 Å². The van der Waals surface area contributed by atoms with Gasteiger partial charge in [-0.25, -0.2) is 0 Å². The van der Waals surface area contributed by atoms with Gasteiger partial charge in [0.15, 0.2) is 5.78 Å². The predicted molar refractivity (Wildman–Crippen MR) is 58.8 cm³/mol. The van der Waals surface area contributed by atoms with Gasteiger partial charge >= 0.3 is 0 Å². The second-order valence-corrected chi connectivity index (χ2v) is 4.48. The highest BCUT2D eigenvalue weighted by Crippen LogP contribution is 2.27. The van der Waals surface area contributed by atoms with E-state index in [1.165, 1.54) is 32.1 Å². The molecular formula is C13H18O2. The molecule has 2 heteroatoms. The molecule has 0 amide bonds. The summed E-state index contributed by atoms with van der Waals surface area (Å²) in [6.07, 6.45) is 11.6. The minimum Gasteiger partial charge on any atom is -0.472 e. The fourth-order valence-electron chi connectivity index (χ4n) is 2.38. The van der Waals surface area contributed by atoms with Crippen LogP contribution in [0, 0.1) is 5.92 Å². The van der Waals surface area contributed by atoms with Gasteiger partial charge in [-0.15, -0.1) is 0 Å². The summed E-state index contributed by atoms with van der Waals surface area (Å²) in [5.41, 5.74) is 0.728. The molecule has 15 heavy (non-hydrogen) atoms. The maximum absolute atomic E-state index is 11.7. The second kappa shape index (κ2) is 5.15. The van der Waals surface area contributed by atoms with E-state index in [0.29, 0.717) is 6.42 Å². The largest absolute Gasteiger partial charge is 0.472 e. The summed E-state index contributed by atoms with van der Waals surface area (Å²) in [6.45, 7) is 0. The molecule has 1 aromatic rings.